The van der Waals surface area contributed by atoms with Crippen LogP contribution in [-0.2, 0) is 16.1 Å². The zero-order valence-electron chi connectivity index (χ0n) is 12.9. The lowest BCUT2D eigenvalue weighted by Gasteiger charge is -2.35. The fourth-order valence-corrected chi connectivity index (χ4v) is 2.61. The molecule has 0 aliphatic carbocycles. The van der Waals surface area contributed by atoms with Crippen molar-refractivity contribution in [2.24, 2.45) is 0 Å². The molecule has 1 aromatic rings. The quantitative estimate of drug-likeness (QED) is 0.821. The molecular formula is C16H23N3O3. The molecule has 1 saturated heterocycles. The molecule has 1 aliphatic rings. The van der Waals surface area contributed by atoms with E-state index in [9.17, 15) is 9.59 Å². The Bertz CT molecular complexity index is 499. The predicted molar refractivity (Wildman–Crippen MR) is 83.4 cm³/mol. The highest BCUT2D eigenvalue weighted by atomic mass is 16.4. The van der Waals surface area contributed by atoms with Crippen molar-refractivity contribution in [2.75, 3.05) is 46.3 Å². The Morgan fingerprint density at radius 1 is 1.09 bits per heavy atom. The Kier molecular flexibility index (Phi) is 5.91. The fourth-order valence-electron chi connectivity index (χ4n) is 2.61. The lowest BCUT2D eigenvalue weighted by atomic mass is 10.2. The van der Waals surface area contributed by atoms with Crippen LogP contribution in [0.1, 0.15) is 5.56 Å². The second-order valence-electron chi connectivity index (χ2n) is 5.71. The minimum Gasteiger partial charge on any atom is -0.480 e. The van der Waals surface area contributed by atoms with Crippen LogP contribution in [0.25, 0.3) is 0 Å². The van der Waals surface area contributed by atoms with Crippen LogP contribution in [-0.4, -0.2) is 78.0 Å². The number of piperazine rings is 1. The third-order valence-electron chi connectivity index (χ3n) is 3.78. The van der Waals surface area contributed by atoms with Crippen molar-refractivity contribution in [3.05, 3.63) is 35.9 Å². The molecule has 0 unspecified atom stereocenters. The molecular weight excluding hydrogens is 282 g/mol. The number of benzene rings is 1. The van der Waals surface area contributed by atoms with E-state index < -0.39 is 5.97 Å². The standard InChI is InChI=1S/C16H23N3O3/c1-17(13-16(21)22)12-15(20)19-9-7-18(8-10-19)11-14-5-3-2-4-6-14/h2-6H,7-13H2,1H3,(H,21,22). The van der Waals surface area contributed by atoms with Gasteiger partial charge in [-0.1, -0.05) is 30.3 Å². The predicted octanol–water partition coefficient (Wildman–Crippen LogP) is 0.347. The zero-order valence-corrected chi connectivity index (χ0v) is 12.9. The number of amides is 1. The van der Waals surface area contributed by atoms with Gasteiger partial charge in [0, 0.05) is 32.7 Å². The first-order valence-corrected chi connectivity index (χ1v) is 7.49. The van der Waals surface area contributed by atoms with Crippen LogP contribution in [0.2, 0.25) is 0 Å². The number of carboxylic acid groups (broad SMARTS) is 1. The molecule has 1 heterocycles. The van der Waals surface area contributed by atoms with Crippen LogP contribution in [0.4, 0.5) is 0 Å². The van der Waals surface area contributed by atoms with Crippen LogP contribution in [0.15, 0.2) is 30.3 Å². The zero-order chi connectivity index (χ0) is 15.9. The number of rotatable bonds is 6. The van der Waals surface area contributed by atoms with Crippen molar-refractivity contribution in [3.8, 4) is 0 Å². The molecule has 2 rings (SSSR count). The number of carbonyl (C=O) groups is 2. The molecule has 22 heavy (non-hydrogen) atoms. The number of carboxylic acids is 1. The minimum atomic E-state index is -0.914. The van der Waals surface area contributed by atoms with E-state index in [1.807, 2.05) is 23.1 Å². The Morgan fingerprint density at radius 3 is 2.32 bits per heavy atom. The highest BCUT2D eigenvalue weighted by Crippen LogP contribution is 2.08. The fraction of sp³-hybridized carbons (Fsp3) is 0.500. The van der Waals surface area contributed by atoms with Gasteiger partial charge in [-0.25, -0.2) is 0 Å². The van der Waals surface area contributed by atoms with E-state index in [-0.39, 0.29) is 19.0 Å². The van der Waals surface area contributed by atoms with Crippen molar-refractivity contribution >= 4 is 11.9 Å². The highest BCUT2D eigenvalue weighted by molar-refractivity contribution is 5.79. The van der Waals surface area contributed by atoms with Crippen molar-refractivity contribution in [3.63, 3.8) is 0 Å². The van der Waals surface area contributed by atoms with E-state index in [1.54, 1.807) is 7.05 Å². The molecule has 6 heteroatoms. The molecule has 0 atom stereocenters. The van der Waals surface area contributed by atoms with Crippen LogP contribution in [0.3, 0.4) is 0 Å². The van der Waals surface area contributed by atoms with Crippen molar-refractivity contribution in [2.45, 2.75) is 6.54 Å². The number of hydrogen-bond donors (Lipinski definition) is 1. The third kappa shape index (κ3) is 5.13. The molecule has 0 aromatic heterocycles. The maximum atomic E-state index is 12.1. The molecule has 0 saturated carbocycles. The van der Waals surface area contributed by atoms with Gasteiger partial charge < -0.3 is 10.0 Å². The van der Waals surface area contributed by atoms with Gasteiger partial charge in [0.1, 0.15) is 0 Å². The van der Waals surface area contributed by atoms with Crippen molar-refractivity contribution in [1.29, 1.82) is 0 Å². The molecule has 120 valence electrons. The van der Waals surface area contributed by atoms with E-state index in [2.05, 4.69) is 17.0 Å². The molecule has 0 radical (unpaired) electrons. The average Bonchev–Trinajstić information content (AvgIpc) is 2.48. The van der Waals surface area contributed by atoms with E-state index >= 15 is 0 Å². The van der Waals surface area contributed by atoms with Crippen LogP contribution < -0.4 is 0 Å². The molecule has 1 N–H and O–H groups in total. The van der Waals surface area contributed by atoms with E-state index in [0.29, 0.717) is 13.1 Å². The highest BCUT2D eigenvalue weighted by Gasteiger charge is 2.22. The SMILES string of the molecule is CN(CC(=O)O)CC(=O)N1CCN(Cc2ccccc2)CC1. The van der Waals surface area contributed by atoms with Crippen LogP contribution in [0.5, 0.6) is 0 Å². The largest absolute Gasteiger partial charge is 0.480 e. The Labute approximate surface area is 130 Å². The number of aliphatic carboxylic acids is 1. The van der Waals surface area contributed by atoms with E-state index in [0.717, 1.165) is 19.6 Å². The maximum Gasteiger partial charge on any atom is 0.317 e. The topological polar surface area (TPSA) is 64.1 Å². The number of hydrogen-bond acceptors (Lipinski definition) is 4. The summed E-state index contributed by atoms with van der Waals surface area (Å²) in [6, 6.07) is 10.3. The van der Waals surface area contributed by atoms with Gasteiger partial charge in [-0.3, -0.25) is 19.4 Å². The lowest BCUT2D eigenvalue weighted by molar-refractivity contribution is -0.139. The summed E-state index contributed by atoms with van der Waals surface area (Å²) in [6.07, 6.45) is 0. The number of carbonyl (C=O) groups excluding carboxylic acids is 1. The lowest BCUT2D eigenvalue weighted by Crippen LogP contribution is -2.50. The monoisotopic (exact) mass is 305 g/mol. The van der Waals surface area contributed by atoms with Gasteiger partial charge in [0.15, 0.2) is 0 Å². The molecule has 1 amide bonds. The molecule has 0 bridgehead atoms. The van der Waals surface area contributed by atoms with E-state index in [4.69, 9.17) is 5.11 Å². The molecule has 6 nitrogen and oxygen atoms in total. The van der Waals surface area contributed by atoms with Gasteiger partial charge in [-0.2, -0.15) is 0 Å². The van der Waals surface area contributed by atoms with Crippen LogP contribution in [0, 0.1) is 0 Å². The average molecular weight is 305 g/mol. The number of likely N-dealkylation sites (N-methyl/N-ethyl adjacent to an activating group) is 1. The van der Waals surface area contributed by atoms with Crippen LogP contribution >= 0.6 is 0 Å². The second kappa shape index (κ2) is 7.91. The third-order valence-corrected chi connectivity index (χ3v) is 3.78. The minimum absolute atomic E-state index is 0.00288. The Hall–Kier alpha value is -1.92. The van der Waals surface area contributed by atoms with Crippen molar-refractivity contribution in [1.82, 2.24) is 14.7 Å². The smallest absolute Gasteiger partial charge is 0.317 e. The summed E-state index contributed by atoms with van der Waals surface area (Å²) in [5.74, 6) is -0.911. The summed E-state index contributed by atoms with van der Waals surface area (Å²) in [5.41, 5.74) is 1.28. The number of nitrogens with zero attached hydrogens (tertiary/aromatic N) is 3. The molecule has 0 spiro atoms. The van der Waals surface area contributed by atoms with Gasteiger partial charge >= 0.3 is 5.97 Å². The second-order valence-corrected chi connectivity index (χ2v) is 5.71. The van der Waals surface area contributed by atoms with Gasteiger partial charge in [-0.05, 0) is 12.6 Å². The van der Waals surface area contributed by atoms with Gasteiger partial charge in [0.25, 0.3) is 0 Å². The molecule has 1 aromatic carbocycles. The first kappa shape index (κ1) is 16.5. The Balaban J connectivity index is 1.74. The summed E-state index contributed by atoms with van der Waals surface area (Å²) in [4.78, 5) is 28.4. The summed E-state index contributed by atoms with van der Waals surface area (Å²) >= 11 is 0. The Morgan fingerprint density at radius 2 is 1.73 bits per heavy atom. The summed E-state index contributed by atoms with van der Waals surface area (Å²) in [5, 5.41) is 8.71. The normalized spacial score (nSPS) is 16.0. The van der Waals surface area contributed by atoms with Crippen molar-refractivity contribution < 1.29 is 14.7 Å². The van der Waals surface area contributed by atoms with Gasteiger partial charge in [0.2, 0.25) is 5.91 Å². The van der Waals surface area contributed by atoms with E-state index in [1.165, 1.54) is 10.5 Å². The maximum absolute atomic E-state index is 12.1. The molecule has 1 aliphatic heterocycles. The summed E-state index contributed by atoms with van der Waals surface area (Å²) in [6.45, 7) is 4.05. The summed E-state index contributed by atoms with van der Waals surface area (Å²) in [7, 11) is 1.65. The first-order valence-electron chi connectivity index (χ1n) is 7.49. The van der Waals surface area contributed by atoms with Gasteiger partial charge in [-0.15, -0.1) is 0 Å². The van der Waals surface area contributed by atoms with Gasteiger partial charge in [0.05, 0.1) is 13.1 Å². The molecule has 1 fully saturated rings. The first-order chi connectivity index (χ1) is 10.5. The summed E-state index contributed by atoms with van der Waals surface area (Å²) < 4.78 is 0.